The standard InChI is InChI=1S/C9H17N3/c1-7-5-12(3)8(2)4-9(7,11)6-10/h7-8H,4-5,11H2,1-3H3. The molecule has 1 saturated heterocycles. The number of hydrogen-bond acceptors (Lipinski definition) is 3. The summed E-state index contributed by atoms with van der Waals surface area (Å²) in [6.45, 7) is 5.08. The van der Waals surface area contributed by atoms with E-state index in [0.717, 1.165) is 13.0 Å². The number of nitriles is 1. The zero-order valence-corrected chi connectivity index (χ0v) is 8.04. The number of hydrogen-bond donors (Lipinski definition) is 1. The lowest BCUT2D eigenvalue weighted by molar-refractivity contribution is 0.108. The molecular weight excluding hydrogens is 150 g/mol. The Morgan fingerprint density at radius 1 is 1.58 bits per heavy atom. The Balaban J connectivity index is 2.76. The first-order valence-corrected chi connectivity index (χ1v) is 4.40. The normalized spacial score (nSPS) is 43.9. The third-order valence-corrected chi connectivity index (χ3v) is 3.04. The molecule has 3 unspecified atom stereocenters. The largest absolute Gasteiger partial charge is 0.313 e. The van der Waals surface area contributed by atoms with Crippen molar-refractivity contribution in [1.82, 2.24) is 4.90 Å². The zero-order chi connectivity index (χ0) is 9.35. The van der Waals surface area contributed by atoms with Crippen LogP contribution in [0.2, 0.25) is 0 Å². The van der Waals surface area contributed by atoms with Crippen LogP contribution >= 0.6 is 0 Å². The highest BCUT2D eigenvalue weighted by Gasteiger charge is 2.39. The van der Waals surface area contributed by atoms with Gasteiger partial charge in [-0.25, -0.2) is 0 Å². The molecule has 0 saturated carbocycles. The summed E-state index contributed by atoms with van der Waals surface area (Å²) >= 11 is 0. The predicted molar refractivity (Wildman–Crippen MR) is 48.4 cm³/mol. The molecule has 0 amide bonds. The van der Waals surface area contributed by atoms with E-state index in [-0.39, 0.29) is 5.92 Å². The van der Waals surface area contributed by atoms with Crippen molar-refractivity contribution in [3.05, 3.63) is 0 Å². The van der Waals surface area contributed by atoms with Gasteiger partial charge in [-0.3, -0.25) is 0 Å². The van der Waals surface area contributed by atoms with Gasteiger partial charge in [-0.05, 0) is 20.4 Å². The van der Waals surface area contributed by atoms with Crippen LogP contribution in [0.3, 0.4) is 0 Å². The van der Waals surface area contributed by atoms with E-state index in [0.29, 0.717) is 6.04 Å². The molecule has 0 aromatic rings. The minimum Gasteiger partial charge on any atom is -0.313 e. The molecule has 1 aliphatic rings. The Hall–Kier alpha value is -0.590. The van der Waals surface area contributed by atoms with Gasteiger partial charge in [0.1, 0.15) is 5.54 Å². The average molecular weight is 167 g/mol. The minimum absolute atomic E-state index is 0.267. The lowest BCUT2D eigenvalue weighted by atomic mass is 9.78. The molecule has 0 aromatic heterocycles. The van der Waals surface area contributed by atoms with Crippen LogP contribution in [0.15, 0.2) is 0 Å². The van der Waals surface area contributed by atoms with Crippen LogP contribution in [0.5, 0.6) is 0 Å². The third-order valence-electron chi connectivity index (χ3n) is 3.04. The monoisotopic (exact) mass is 167 g/mol. The maximum atomic E-state index is 8.93. The fourth-order valence-corrected chi connectivity index (χ4v) is 1.78. The van der Waals surface area contributed by atoms with Gasteiger partial charge in [0, 0.05) is 18.5 Å². The van der Waals surface area contributed by atoms with E-state index < -0.39 is 5.54 Å². The molecule has 3 atom stereocenters. The number of rotatable bonds is 0. The summed E-state index contributed by atoms with van der Waals surface area (Å²) < 4.78 is 0. The molecule has 1 rings (SSSR count). The quantitative estimate of drug-likeness (QED) is 0.574. The second-order valence-corrected chi connectivity index (χ2v) is 4.05. The summed E-state index contributed by atoms with van der Waals surface area (Å²) in [5, 5.41) is 8.93. The van der Waals surface area contributed by atoms with E-state index in [1.54, 1.807) is 0 Å². The van der Waals surface area contributed by atoms with Crippen molar-refractivity contribution in [1.29, 1.82) is 5.26 Å². The average Bonchev–Trinajstić information content (AvgIpc) is 2.01. The first kappa shape index (κ1) is 9.50. The Kier molecular flexibility index (Phi) is 2.41. The highest BCUT2D eigenvalue weighted by atomic mass is 15.1. The van der Waals surface area contributed by atoms with Gasteiger partial charge in [0.05, 0.1) is 6.07 Å². The van der Waals surface area contributed by atoms with Crippen molar-refractivity contribution in [3.8, 4) is 6.07 Å². The maximum absolute atomic E-state index is 8.93. The molecule has 1 heterocycles. The molecular formula is C9H17N3. The number of nitrogens with zero attached hydrogens (tertiary/aromatic N) is 2. The number of piperidine rings is 1. The summed E-state index contributed by atoms with van der Waals surface area (Å²) in [5.41, 5.74) is 5.36. The molecule has 3 nitrogen and oxygen atoms in total. The van der Waals surface area contributed by atoms with Gasteiger partial charge in [-0.1, -0.05) is 6.92 Å². The number of nitrogens with two attached hydrogens (primary N) is 1. The van der Waals surface area contributed by atoms with Crippen LogP contribution in [0.1, 0.15) is 20.3 Å². The molecule has 0 radical (unpaired) electrons. The van der Waals surface area contributed by atoms with Crippen molar-refractivity contribution in [3.63, 3.8) is 0 Å². The van der Waals surface area contributed by atoms with Crippen molar-refractivity contribution in [2.75, 3.05) is 13.6 Å². The second-order valence-electron chi connectivity index (χ2n) is 4.05. The molecule has 0 aliphatic carbocycles. The Bertz CT molecular complexity index is 208. The summed E-state index contributed by atoms with van der Waals surface area (Å²) in [7, 11) is 2.08. The van der Waals surface area contributed by atoms with Gasteiger partial charge >= 0.3 is 0 Å². The molecule has 68 valence electrons. The van der Waals surface area contributed by atoms with Crippen LogP contribution in [0, 0.1) is 17.2 Å². The Morgan fingerprint density at radius 2 is 2.17 bits per heavy atom. The van der Waals surface area contributed by atoms with Gasteiger partial charge in [0.15, 0.2) is 0 Å². The van der Waals surface area contributed by atoms with Gasteiger partial charge < -0.3 is 10.6 Å². The highest BCUT2D eigenvalue weighted by molar-refractivity contribution is 5.11. The van der Waals surface area contributed by atoms with E-state index in [1.807, 2.05) is 6.92 Å². The summed E-state index contributed by atoms with van der Waals surface area (Å²) in [6.07, 6.45) is 0.779. The fourth-order valence-electron chi connectivity index (χ4n) is 1.78. The molecule has 0 bridgehead atoms. The molecule has 2 N–H and O–H groups in total. The van der Waals surface area contributed by atoms with Crippen molar-refractivity contribution >= 4 is 0 Å². The molecule has 12 heavy (non-hydrogen) atoms. The minimum atomic E-state index is -0.605. The SMILES string of the molecule is CC1CC(N)(C#N)C(C)CN1C. The van der Waals surface area contributed by atoms with E-state index in [9.17, 15) is 0 Å². The fraction of sp³-hybridized carbons (Fsp3) is 0.889. The summed E-state index contributed by atoms with van der Waals surface area (Å²) in [5.74, 6) is 0.267. The van der Waals surface area contributed by atoms with E-state index >= 15 is 0 Å². The van der Waals surface area contributed by atoms with Gasteiger partial charge in [-0.15, -0.1) is 0 Å². The van der Waals surface area contributed by atoms with Crippen LogP contribution in [-0.2, 0) is 0 Å². The second kappa shape index (κ2) is 3.04. The van der Waals surface area contributed by atoms with Crippen LogP contribution < -0.4 is 5.73 Å². The van der Waals surface area contributed by atoms with E-state index in [1.165, 1.54) is 0 Å². The molecule has 3 heteroatoms. The first-order chi connectivity index (χ1) is 5.49. The van der Waals surface area contributed by atoms with Gasteiger partial charge in [0.2, 0.25) is 0 Å². The zero-order valence-electron chi connectivity index (χ0n) is 8.04. The highest BCUT2D eigenvalue weighted by Crippen LogP contribution is 2.27. The molecule has 1 fully saturated rings. The Morgan fingerprint density at radius 3 is 2.67 bits per heavy atom. The van der Waals surface area contributed by atoms with Gasteiger partial charge in [0.25, 0.3) is 0 Å². The van der Waals surface area contributed by atoms with Crippen molar-refractivity contribution < 1.29 is 0 Å². The summed E-state index contributed by atoms with van der Waals surface area (Å²) in [4.78, 5) is 2.26. The smallest absolute Gasteiger partial charge is 0.109 e. The van der Waals surface area contributed by atoms with Crippen LogP contribution in [0.25, 0.3) is 0 Å². The van der Waals surface area contributed by atoms with Crippen molar-refractivity contribution in [2.24, 2.45) is 11.7 Å². The Labute approximate surface area is 74.1 Å². The van der Waals surface area contributed by atoms with Crippen molar-refractivity contribution in [2.45, 2.75) is 31.8 Å². The lowest BCUT2D eigenvalue weighted by Gasteiger charge is -2.42. The first-order valence-electron chi connectivity index (χ1n) is 4.40. The maximum Gasteiger partial charge on any atom is 0.109 e. The molecule has 0 aromatic carbocycles. The molecule has 0 spiro atoms. The van der Waals surface area contributed by atoms with Gasteiger partial charge in [-0.2, -0.15) is 5.26 Å². The van der Waals surface area contributed by atoms with E-state index in [4.69, 9.17) is 11.0 Å². The summed E-state index contributed by atoms with van der Waals surface area (Å²) in [6, 6.07) is 2.65. The number of likely N-dealkylation sites (tertiary alicyclic amines) is 1. The lowest BCUT2D eigenvalue weighted by Crippen LogP contribution is -2.57. The topological polar surface area (TPSA) is 53.1 Å². The van der Waals surface area contributed by atoms with Crippen LogP contribution in [0.4, 0.5) is 0 Å². The molecule has 1 aliphatic heterocycles. The predicted octanol–water partition coefficient (Wildman–Crippen LogP) is 0.568. The third kappa shape index (κ3) is 1.45. The van der Waals surface area contributed by atoms with E-state index in [2.05, 4.69) is 24.9 Å². The van der Waals surface area contributed by atoms with Crippen LogP contribution in [-0.4, -0.2) is 30.1 Å².